The fourth-order valence-electron chi connectivity index (χ4n) is 1.82. The van der Waals surface area contributed by atoms with E-state index in [2.05, 4.69) is 48.5 Å². The zero-order valence-electron chi connectivity index (χ0n) is 12.6. The van der Waals surface area contributed by atoms with Crippen molar-refractivity contribution in [2.45, 2.75) is 6.92 Å². The number of carbonyl (C=O) groups is 1. The Morgan fingerprint density at radius 1 is 0.636 bits per heavy atom. The average molecular weight is 292 g/mol. The number of phenolic OH excluding ortho intramolecular Hbond substituents is 1. The van der Waals surface area contributed by atoms with Crippen LogP contribution >= 0.6 is 0 Å². The number of para-hydroxylation sites is 1. The van der Waals surface area contributed by atoms with Crippen molar-refractivity contribution >= 4 is 6.79 Å². The van der Waals surface area contributed by atoms with Gasteiger partial charge < -0.3 is 9.90 Å². The van der Waals surface area contributed by atoms with E-state index in [9.17, 15) is 0 Å². The molecule has 0 spiro atoms. The molecule has 0 heterocycles. The molecule has 0 fully saturated rings. The van der Waals surface area contributed by atoms with E-state index in [0.29, 0.717) is 5.75 Å². The SMILES string of the molecule is C=O.Cc1ccccc1O.c1ccc(-c2ccccc2)cc1. The maximum atomic E-state index is 8.92. The predicted molar refractivity (Wildman–Crippen MR) is 91.8 cm³/mol. The number of benzene rings is 3. The van der Waals surface area contributed by atoms with E-state index in [4.69, 9.17) is 9.90 Å². The van der Waals surface area contributed by atoms with Crippen molar-refractivity contribution < 1.29 is 9.90 Å². The van der Waals surface area contributed by atoms with E-state index in [1.807, 2.05) is 44.0 Å². The highest BCUT2D eigenvalue weighted by atomic mass is 16.3. The van der Waals surface area contributed by atoms with Gasteiger partial charge in [-0.2, -0.15) is 0 Å². The Balaban J connectivity index is 0.000000211. The topological polar surface area (TPSA) is 37.3 Å². The smallest absolute Gasteiger partial charge is 0.118 e. The van der Waals surface area contributed by atoms with Gasteiger partial charge in [0.1, 0.15) is 12.5 Å². The third kappa shape index (κ3) is 5.63. The standard InChI is InChI=1S/C12H10.C7H8O.CH2O/c1-3-7-11(8-4-1)12-9-5-2-6-10-12;1-6-4-2-3-5-7(6)8;1-2/h1-10H;2-5,8H,1H3;1H2. The zero-order valence-corrected chi connectivity index (χ0v) is 12.6. The molecule has 3 aromatic carbocycles. The lowest BCUT2D eigenvalue weighted by molar-refractivity contribution is -0.0979. The van der Waals surface area contributed by atoms with Crippen molar-refractivity contribution in [2.24, 2.45) is 0 Å². The van der Waals surface area contributed by atoms with Gasteiger partial charge in [-0.05, 0) is 29.7 Å². The Hall–Kier alpha value is -2.87. The molecule has 0 aliphatic heterocycles. The van der Waals surface area contributed by atoms with Crippen LogP contribution in [0.25, 0.3) is 11.1 Å². The van der Waals surface area contributed by atoms with Crippen molar-refractivity contribution in [3.63, 3.8) is 0 Å². The fourth-order valence-corrected chi connectivity index (χ4v) is 1.82. The van der Waals surface area contributed by atoms with E-state index in [0.717, 1.165) is 5.56 Å². The Labute approximate surface area is 131 Å². The van der Waals surface area contributed by atoms with Crippen molar-refractivity contribution in [2.75, 3.05) is 0 Å². The van der Waals surface area contributed by atoms with Gasteiger partial charge in [0.2, 0.25) is 0 Å². The molecule has 0 atom stereocenters. The summed E-state index contributed by atoms with van der Waals surface area (Å²) >= 11 is 0. The van der Waals surface area contributed by atoms with Crippen LogP contribution in [-0.4, -0.2) is 11.9 Å². The Morgan fingerprint density at radius 2 is 1.00 bits per heavy atom. The number of rotatable bonds is 1. The lowest BCUT2D eigenvalue weighted by atomic mass is 10.1. The molecule has 3 rings (SSSR count). The highest BCUT2D eigenvalue weighted by molar-refractivity contribution is 5.62. The van der Waals surface area contributed by atoms with Gasteiger partial charge >= 0.3 is 0 Å². The molecule has 0 unspecified atom stereocenters. The molecule has 0 bridgehead atoms. The number of aromatic hydroxyl groups is 1. The summed E-state index contributed by atoms with van der Waals surface area (Å²) in [6, 6.07) is 28.0. The molecule has 0 aliphatic carbocycles. The number of hydrogen-bond donors (Lipinski definition) is 1. The second-order valence-corrected chi connectivity index (χ2v) is 4.52. The summed E-state index contributed by atoms with van der Waals surface area (Å²) in [6.07, 6.45) is 0. The molecule has 0 saturated heterocycles. The maximum Gasteiger partial charge on any atom is 0.118 e. The van der Waals surface area contributed by atoms with Crippen LogP contribution in [-0.2, 0) is 4.79 Å². The van der Waals surface area contributed by atoms with Crippen LogP contribution in [0.2, 0.25) is 0 Å². The van der Waals surface area contributed by atoms with Crippen molar-refractivity contribution in [1.29, 1.82) is 0 Å². The first kappa shape index (κ1) is 17.2. The summed E-state index contributed by atoms with van der Waals surface area (Å²) in [6.45, 7) is 3.87. The summed E-state index contributed by atoms with van der Waals surface area (Å²) < 4.78 is 0. The van der Waals surface area contributed by atoms with Crippen LogP contribution < -0.4 is 0 Å². The molecular weight excluding hydrogens is 272 g/mol. The molecule has 112 valence electrons. The van der Waals surface area contributed by atoms with Gasteiger partial charge in [0.25, 0.3) is 0 Å². The summed E-state index contributed by atoms with van der Waals surface area (Å²) in [5.74, 6) is 0.368. The fraction of sp³-hybridized carbons (Fsp3) is 0.0500. The predicted octanol–water partition coefficient (Wildman–Crippen LogP) is 4.87. The molecule has 0 amide bonds. The first-order valence-electron chi connectivity index (χ1n) is 6.91. The minimum absolute atomic E-state index is 0.368. The van der Waals surface area contributed by atoms with E-state index < -0.39 is 0 Å². The number of aryl methyl sites for hydroxylation is 1. The molecule has 2 nitrogen and oxygen atoms in total. The number of hydrogen-bond acceptors (Lipinski definition) is 2. The highest BCUT2D eigenvalue weighted by Gasteiger charge is 1.91. The normalized spacial score (nSPS) is 8.77. The van der Waals surface area contributed by atoms with E-state index >= 15 is 0 Å². The van der Waals surface area contributed by atoms with Crippen LogP contribution in [0.15, 0.2) is 84.9 Å². The van der Waals surface area contributed by atoms with Crippen LogP contribution in [0.3, 0.4) is 0 Å². The maximum absolute atomic E-state index is 8.92. The van der Waals surface area contributed by atoms with Gasteiger partial charge in [-0.25, -0.2) is 0 Å². The molecule has 0 radical (unpaired) electrons. The largest absolute Gasteiger partial charge is 0.508 e. The Bertz CT molecular complexity index is 590. The Morgan fingerprint density at radius 3 is 1.32 bits per heavy atom. The van der Waals surface area contributed by atoms with Crippen LogP contribution in [0, 0.1) is 6.92 Å². The molecule has 0 aromatic heterocycles. The van der Waals surface area contributed by atoms with Crippen LogP contribution in [0.5, 0.6) is 5.75 Å². The quantitative estimate of drug-likeness (QED) is 0.694. The summed E-state index contributed by atoms with van der Waals surface area (Å²) in [5.41, 5.74) is 3.48. The van der Waals surface area contributed by atoms with Crippen LogP contribution in [0.1, 0.15) is 5.56 Å². The third-order valence-electron chi connectivity index (χ3n) is 3.00. The number of carbonyl (C=O) groups excluding carboxylic acids is 1. The lowest BCUT2D eigenvalue weighted by Crippen LogP contribution is -1.73. The molecule has 1 N–H and O–H groups in total. The second-order valence-electron chi connectivity index (χ2n) is 4.52. The summed E-state index contributed by atoms with van der Waals surface area (Å²) in [4.78, 5) is 8.00. The van der Waals surface area contributed by atoms with Gasteiger partial charge in [0.05, 0.1) is 0 Å². The molecule has 0 saturated carbocycles. The molecule has 0 aliphatic rings. The van der Waals surface area contributed by atoms with E-state index in [-0.39, 0.29) is 0 Å². The average Bonchev–Trinajstić information content (AvgIpc) is 2.61. The zero-order chi connectivity index (χ0) is 16.2. The monoisotopic (exact) mass is 292 g/mol. The third-order valence-corrected chi connectivity index (χ3v) is 3.00. The van der Waals surface area contributed by atoms with Crippen molar-refractivity contribution in [3.8, 4) is 16.9 Å². The highest BCUT2D eigenvalue weighted by Crippen LogP contribution is 2.17. The molecule has 2 heteroatoms. The van der Waals surface area contributed by atoms with E-state index in [1.165, 1.54) is 11.1 Å². The first-order valence-corrected chi connectivity index (χ1v) is 6.91. The molecule has 22 heavy (non-hydrogen) atoms. The van der Waals surface area contributed by atoms with Gasteiger partial charge in [-0.3, -0.25) is 0 Å². The summed E-state index contributed by atoms with van der Waals surface area (Å²) in [7, 11) is 0. The lowest BCUT2D eigenvalue weighted by Gasteiger charge is -1.98. The molecule has 3 aromatic rings. The van der Waals surface area contributed by atoms with E-state index in [1.54, 1.807) is 6.07 Å². The second kappa shape index (κ2) is 9.94. The minimum Gasteiger partial charge on any atom is -0.508 e. The van der Waals surface area contributed by atoms with Crippen molar-refractivity contribution in [3.05, 3.63) is 90.5 Å². The van der Waals surface area contributed by atoms with Crippen molar-refractivity contribution in [1.82, 2.24) is 0 Å². The molecular formula is C20H20O2. The van der Waals surface area contributed by atoms with Gasteiger partial charge in [0, 0.05) is 0 Å². The first-order chi connectivity index (χ1) is 10.8. The van der Waals surface area contributed by atoms with Gasteiger partial charge in [0.15, 0.2) is 0 Å². The van der Waals surface area contributed by atoms with Gasteiger partial charge in [-0.15, -0.1) is 0 Å². The Kier molecular flexibility index (Phi) is 7.77. The summed E-state index contributed by atoms with van der Waals surface area (Å²) in [5, 5.41) is 8.92. The minimum atomic E-state index is 0.368. The van der Waals surface area contributed by atoms with Crippen LogP contribution in [0.4, 0.5) is 0 Å². The van der Waals surface area contributed by atoms with Gasteiger partial charge in [-0.1, -0.05) is 78.9 Å². The number of phenols is 1.